The number of hydrogen-bond acceptors (Lipinski definition) is 5. The summed E-state index contributed by atoms with van der Waals surface area (Å²) in [5.74, 6) is -0.343. The topological polar surface area (TPSA) is 56.0 Å². The summed E-state index contributed by atoms with van der Waals surface area (Å²) >= 11 is 1.36. The lowest BCUT2D eigenvalue weighted by Crippen LogP contribution is -2.12. The van der Waals surface area contributed by atoms with Crippen LogP contribution in [0.3, 0.4) is 0 Å². The number of nitrogens with zero attached hydrogens (tertiary/aromatic N) is 5. The summed E-state index contributed by atoms with van der Waals surface area (Å²) in [5.41, 5.74) is 0.576. The fourth-order valence-corrected chi connectivity index (χ4v) is 2.73. The first-order valence-corrected chi connectivity index (χ1v) is 7.20. The number of aromatic nitrogens is 5. The summed E-state index contributed by atoms with van der Waals surface area (Å²) in [6.45, 7) is 1.98. The molecule has 0 unspecified atom stereocenters. The molecule has 3 aromatic rings. The van der Waals surface area contributed by atoms with Gasteiger partial charge in [-0.3, -0.25) is 4.40 Å². The summed E-state index contributed by atoms with van der Waals surface area (Å²) in [5, 5.41) is 7.37. The van der Waals surface area contributed by atoms with Crippen molar-refractivity contribution in [1.82, 2.24) is 24.6 Å². The van der Waals surface area contributed by atoms with Gasteiger partial charge in [0, 0.05) is 6.20 Å². The molecule has 3 heterocycles. The molecule has 0 fully saturated rings. The molecule has 0 aliphatic heterocycles. The maximum Gasteiger partial charge on any atom is 0.452 e. The van der Waals surface area contributed by atoms with Gasteiger partial charge >= 0.3 is 6.18 Å². The van der Waals surface area contributed by atoms with E-state index in [4.69, 9.17) is 0 Å². The largest absolute Gasteiger partial charge is 0.452 e. The molecule has 9 heteroatoms. The number of pyridine rings is 1. The van der Waals surface area contributed by atoms with E-state index in [1.54, 1.807) is 12.1 Å². The predicted molar refractivity (Wildman–Crippen MR) is 72.1 cm³/mol. The van der Waals surface area contributed by atoms with Crippen LogP contribution in [-0.4, -0.2) is 30.3 Å². The van der Waals surface area contributed by atoms with E-state index in [1.807, 2.05) is 6.92 Å². The van der Waals surface area contributed by atoms with E-state index in [9.17, 15) is 13.2 Å². The molecule has 0 aliphatic rings. The molecule has 3 rings (SSSR count). The Kier molecular flexibility index (Phi) is 3.44. The molecule has 0 atom stereocenters. The van der Waals surface area contributed by atoms with Crippen molar-refractivity contribution in [3.8, 4) is 0 Å². The number of rotatable bonds is 3. The zero-order valence-electron chi connectivity index (χ0n) is 10.9. The average molecular weight is 313 g/mol. The van der Waals surface area contributed by atoms with Crippen LogP contribution in [0, 0.1) is 0 Å². The van der Waals surface area contributed by atoms with Crippen LogP contribution in [0.5, 0.6) is 0 Å². The van der Waals surface area contributed by atoms with Gasteiger partial charge in [-0.25, -0.2) is 9.97 Å². The molecule has 0 bridgehead atoms. The summed E-state index contributed by atoms with van der Waals surface area (Å²) in [6.07, 6.45) is -2.30. The first-order chi connectivity index (χ1) is 10.0. The van der Waals surface area contributed by atoms with Crippen molar-refractivity contribution in [2.45, 2.75) is 24.5 Å². The summed E-state index contributed by atoms with van der Waals surface area (Å²) in [4.78, 5) is 8.33. The van der Waals surface area contributed by atoms with Crippen LogP contribution in [0.15, 0.2) is 23.4 Å². The highest BCUT2D eigenvalue weighted by atomic mass is 32.2. The Morgan fingerprint density at radius 1 is 1.24 bits per heavy atom. The van der Waals surface area contributed by atoms with Crippen molar-refractivity contribution < 1.29 is 13.2 Å². The molecular formula is C12H10F3N5S. The summed E-state index contributed by atoms with van der Waals surface area (Å²) < 4.78 is 40.2. The maximum absolute atomic E-state index is 13.1. The Balaban J connectivity index is 2.36. The molecule has 0 saturated carbocycles. The number of fused-ring (bicyclic) bond motifs is 3. The van der Waals surface area contributed by atoms with E-state index in [2.05, 4.69) is 20.2 Å². The van der Waals surface area contributed by atoms with Crippen molar-refractivity contribution >= 4 is 28.6 Å². The van der Waals surface area contributed by atoms with Gasteiger partial charge in [0.1, 0.15) is 10.5 Å². The molecule has 110 valence electrons. The standard InChI is InChI=1S/C12H10F3N5S/c1-2-6-21-10-9-18-19-11(12(13,14)15)20(9)8-7(17-10)4-3-5-16-8/h3-5H,2,6H2,1H3. The van der Waals surface area contributed by atoms with Gasteiger partial charge in [-0.2, -0.15) is 13.2 Å². The Morgan fingerprint density at radius 3 is 2.76 bits per heavy atom. The second-order valence-corrected chi connectivity index (χ2v) is 5.38. The molecule has 0 N–H and O–H groups in total. The fraction of sp³-hybridized carbons (Fsp3) is 0.333. The minimum Gasteiger partial charge on any atom is -0.251 e. The number of thioether (sulfide) groups is 1. The smallest absolute Gasteiger partial charge is 0.251 e. The quantitative estimate of drug-likeness (QED) is 0.695. The third kappa shape index (κ3) is 2.41. The highest BCUT2D eigenvalue weighted by molar-refractivity contribution is 7.99. The highest BCUT2D eigenvalue weighted by Crippen LogP contribution is 2.32. The minimum atomic E-state index is -4.60. The molecule has 0 radical (unpaired) electrons. The third-order valence-electron chi connectivity index (χ3n) is 2.75. The second-order valence-electron chi connectivity index (χ2n) is 4.29. The Bertz CT molecular complexity index is 799. The van der Waals surface area contributed by atoms with Crippen LogP contribution in [0.1, 0.15) is 19.2 Å². The first-order valence-electron chi connectivity index (χ1n) is 6.22. The Labute approximate surface area is 121 Å². The van der Waals surface area contributed by atoms with Crippen LogP contribution >= 0.6 is 11.8 Å². The molecule has 0 amide bonds. The Hall–Kier alpha value is -1.90. The van der Waals surface area contributed by atoms with Crippen LogP contribution in [0.25, 0.3) is 16.8 Å². The number of alkyl halides is 3. The lowest BCUT2D eigenvalue weighted by atomic mass is 10.4. The van der Waals surface area contributed by atoms with E-state index >= 15 is 0 Å². The van der Waals surface area contributed by atoms with Gasteiger partial charge in [-0.05, 0) is 24.3 Å². The van der Waals surface area contributed by atoms with Crippen LogP contribution in [-0.2, 0) is 6.18 Å². The van der Waals surface area contributed by atoms with Gasteiger partial charge in [0.05, 0.1) is 0 Å². The fourth-order valence-electron chi connectivity index (χ4n) is 1.91. The first kappa shape index (κ1) is 14.1. The number of hydrogen-bond donors (Lipinski definition) is 0. The lowest BCUT2D eigenvalue weighted by Gasteiger charge is -2.08. The monoisotopic (exact) mass is 313 g/mol. The van der Waals surface area contributed by atoms with Gasteiger partial charge in [-0.15, -0.1) is 22.0 Å². The SMILES string of the molecule is CCCSc1nc2cccnc2n2c(C(F)(F)F)nnc12. The van der Waals surface area contributed by atoms with E-state index in [0.717, 1.165) is 16.6 Å². The van der Waals surface area contributed by atoms with Crippen molar-refractivity contribution in [3.05, 3.63) is 24.2 Å². The molecule has 0 aliphatic carbocycles. The maximum atomic E-state index is 13.1. The van der Waals surface area contributed by atoms with E-state index in [-0.39, 0.29) is 11.3 Å². The number of halogens is 3. The van der Waals surface area contributed by atoms with Crippen LogP contribution < -0.4 is 0 Å². The van der Waals surface area contributed by atoms with E-state index < -0.39 is 12.0 Å². The normalized spacial score (nSPS) is 12.4. The van der Waals surface area contributed by atoms with Crippen molar-refractivity contribution in [2.24, 2.45) is 0 Å². The molecule has 21 heavy (non-hydrogen) atoms. The van der Waals surface area contributed by atoms with Crippen molar-refractivity contribution in [2.75, 3.05) is 5.75 Å². The Morgan fingerprint density at radius 2 is 2.05 bits per heavy atom. The van der Waals surface area contributed by atoms with Crippen molar-refractivity contribution in [1.29, 1.82) is 0 Å². The highest BCUT2D eigenvalue weighted by Gasteiger charge is 2.38. The van der Waals surface area contributed by atoms with Gasteiger partial charge in [-0.1, -0.05) is 6.92 Å². The van der Waals surface area contributed by atoms with Crippen LogP contribution in [0.2, 0.25) is 0 Å². The zero-order valence-corrected chi connectivity index (χ0v) is 11.7. The summed E-state index contributed by atoms with van der Waals surface area (Å²) in [7, 11) is 0. The molecular weight excluding hydrogens is 303 g/mol. The van der Waals surface area contributed by atoms with Gasteiger partial charge in [0.25, 0.3) is 0 Å². The lowest BCUT2D eigenvalue weighted by molar-refractivity contribution is -0.145. The van der Waals surface area contributed by atoms with Crippen molar-refractivity contribution in [3.63, 3.8) is 0 Å². The average Bonchev–Trinajstić information content (AvgIpc) is 2.90. The van der Waals surface area contributed by atoms with Gasteiger partial charge in [0.2, 0.25) is 5.82 Å². The minimum absolute atomic E-state index is 0.0898. The molecule has 3 aromatic heterocycles. The molecule has 5 nitrogen and oxygen atoms in total. The summed E-state index contributed by atoms with van der Waals surface area (Å²) in [6, 6.07) is 3.25. The van der Waals surface area contributed by atoms with Gasteiger partial charge < -0.3 is 0 Å². The zero-order chi connectivity index (χ0) is 15.0. The second kappa shape index (κ2) is 5.14. The van der Waals surface area contributed by atoms with E-state index in [1.165, 1.54) is 18.0 Å². The molecule has 0 saturated heterocycles. The van der Waals surface area contributed by atoms with Gasteiger partial charge in [0.15, 0.2) is 11.3 Å². The predicted octanol–water partition coefficient (Wildman–Crippen LogP) is 3.19. The molecule has 0 aromatic carbocycles. The third-order valence-corrected chi connectivity index (χ3v) is 3.91. The van der Waals surface area contributed by atoms with Crippen LogP contribution in [0.4, 0.5) is 13.2 Å². The van der Waals surface area contributed by atoms with E-state index in [0.29, 0.717) is 10.5 Å². The molecule has 0 spiro atoms.